The number of hydrogen-bond donors (Lipinski definition) is 2. The summed E-state index contributed by atoms with van der Waals surface area (Å²) in [6.45, 7) is 14.9. The van der Waals surface area contributed by atoms with Crippen LogP contribution in [-0.2, 0) is 26.1 Å². The highest BCUT2D eigenvalue weighted by atomic mass is 16.7. The van der Waals surface area contributed by atoms with Gasteiger partial charge in [0, 0.05) is 12.2 Å². The summed E-state index contributed by atoms with van der Waals surface area (Å²) in [5, 5.41) is 2.84. The molecule has 6 nitrogen and oxygen atoms in total. The molecule has 0 atom stereocenters. The molecule has 3 N–H and O–H groups in total. The summed E-state index contributed by atoms with van der Waals surface area (Å²) in [6.07, 6.45) is 1.44. The van der Waals surface area contributed by atoms with E-state index < -0.39 is 24.4 Å². The molecule has 0 radical (unpaired) electrons. The molecule has 0 unspecified atom stereocenters. The molecule has 1 amide bonds. The first-order valence-electron chi connectivity index (χ1n) is 11.7. The van der Waals surface area contributed by atoms with Crippen LogP contribution in [0.15, 0.2) is 54.0 Å². The molecule has 0 aliphatic carbocycles. The molecular weight excluding hydrogens is 427 g/mol. The van der Waals surface area contributed by atoms with Gasteiger partial charge in [-0.2, -0.15) is 0 Å². The highest BCUT2D eigenvalue weighted by Crippen LogP contribution is 2.39. The Balaban J connectivity index is 1.83. The minimum atomic E-state index is -0.628. The Hall–Kier alpha value is -2.77. The van der Waals surface area contributed by atoms with Crippen molar-refractivity contribution < 1.29 is 18.8 Å². The van der Waals surface area contributed by atoms with Crippen LogP contribution in [0.3, 0.4) is 0 Å². The second-order valence-electron chi connectivity index (χ2n) is 10.8. The van der Waals surface area contributed by atoms with Gasteiger partial charge in [0.25, 0.3) is 0 Å². The highest BCUT2D eigenvalue weighted by Gasteiger charge is 2.52. The lowest BCUT2D eigenvalue weighted by Gasteiger charge is -2.32. The van der Waals surface area contributed by atoms with E-state index in [4.69, 9.17) is 19.8 Å². The molecule has 1 saturated heterocycles. The van der Waals surface area contributed by atoms with Crippen molar-refractivity contribution >= 4 is 25.0 Å². The Bertz CT molecular complexity index is 1030. The van der Waals surface area contributed by atoms with Crippen molar-refractivity contribution in [2.45, 2.75) is 71.7 Å². The van der Waals surface area contributed by atoms with E-state index in [1.165, 1.54) is 0 Å². The van der Waals surface area contributed by atoms with E-state index in [1.807, 2.05) is 76.2 Å². The molecule has 2 aromatic carbocycles. The Kier molecular flexibility index (Phi) is 7.48. The maximum atomic E-state index is 12.4. The van der Waals surface area contributed by atoms with E-state index in [9.17, 15) is 4.79 Å². The number of anilines is 1. The van der Waals surface area contributed by atoms with Crippen molar-refractivity contribution in [2.75, 3.05) is 12.3 Å². The first-order valence-corrected chi connectivity index (χ1v) is 11.7. The summed E-state index contributed by atoms with van der Waals surface area (Å²) in [5.74, 6) is 0. The van der Waals surface area contributed by atoms with Gasteiger partial charge in [0.1, 0.15) is 6.61 Å². The molecule has 3 rings (SSSR count). The molecular formula is C27H37BN2O4. The van der Waals surface area contributed by atoms with Crippen LogP contribution < -0.4 is 11.1 Å². The number of rotatable bonds is 6. The molecule has 0 bridgehead atoms. The quantitative estimate of drug-likeness (QED) is 0.435. The number of amides is 1. The number of benzene rings is 2. The van der Waals surface area contributed by atoms with Gasteiger partial charge in [0.15, 0.2) is 0 Å². The number of ether oxygens (including phenoxy) is 1. The van der Waals surface area contributed by atoms with E-state index in [0.29, 0.717) is 5.69 Å². The van der Waals surface area contributed by atoms with Crippen LogP contribution >= 0.6 is 0 Å². The molecule has 1 fully saturated rings. The molecule has 0 saturated carbocycles. The largest absolute Gasteiger partial charge is 0.492 e. The third kappa shape index (κ3) is 6.22. The molecule has 1 heterocycles. The van der Waals surface area contributed by atoms with Crippen LogP contribution in [0.5, 0.6) is 0 Å². The number of hydrogen-bond acceptors (Lipinski definition) is 5. The van der Waals surface area contributed by atoms with Crippen molar-refractivity contribution in [1.29, 1.82) is 0 Å². The molecule has 1 aliphatic heterocycles. The van der Waals surface area contributed by atoms with E-state index in [1.54, 1.807) is 0 Å². The predicted molar refractivity (Wildman–Crippen MR) is 138 cm³/mol. The van der Waals surface area contributed by atoms with Gasteiger partial charge in [-0.3, -0.25) is 0 Å². The van der Waals surface area contributed by atoms with Crippen LogP contribution in [0.25, 0.3) is 6.08 Å². The first-order chi connectivity index (χ1) is 15.8. The zero-order chi connectivity index (χ0) is 25.1. The first kappa shape index (κ1) is 25.9. The van der Waals surface area contributed by atoms with Gasteiger partial charge in [0.2, 0.25) is 0 Å². The van der Waals surface area contributed by atoms with Gasteiger partial charge in [0.05, 0.1) is 11.2 Å². The maximum Gasteiger partial charge on any atom is 0.492 e. The Morgan fingerprint density at radius 2 is 1.68 bits per heavy atom. The molecule has 2 aromatic rings. The van der Waals surface area contributed by atoms with Crippen molar-refractivity contribution in [3.8, 4) is 0 Å². The van der Waals surface area contributed by atoms with Crippen LogP contribution in [0.1, 0.15) is 65.2 Å². The summed E-state index contributed by atoms with van der Waals surface area (Å²) in [6, 6.07) is 15.6. The van der Waals surface area contributed by atoms with Gasteiger partial charge in [-0.15, -0.1) is 0 Å². The van der Waals surface area contributed by atoms with E-state index in [-0.39, 0.29) is 18.6 Å². The van der Waals surface area contributed by atoms with Gasteiger partial charge < -0.3 is 25.1 Å². The molecule has 7 heteroatoms. The zero-order valence-electron chi connectivity index (χ0n) is 21.4. The normalized spacial score (nSPS) is 17.5. The second-order valence-corrected chi connectivity index (χ2v) is 10.8. The fourth-order valence-corrected chi connectivity index (χ4v) is 3.51. The second kappa shape index (κ2) is 9.84. The minimum absolute atomic E-state index is 0.0275. The fraction of sp³-hybridized carbons (Fsp3) is 0.444. The summed E-state index contributed by atoms with van der Waals surface area (Å²) >= 11 is 0. The molecule has 34 heavy (non-hydrogen) atoms. The van der Waals surface area contributed by atoms with Crippen LogP contribution in [-0.4, -0.2) is 31.0 Å². The molecule has 0 spiro atoms. The summed E-state index contributed by atoms with van der Waals surface area (Å²) in [4.78, 5) is 12.4. The van der Waals surface area contributed by atoms with E-state index >= 15 is 0 Å². The standard InChI is InChI=1S/C27H37BN2O4/c1-25(2,3)21-13-14-23(29)20(15-21)16-22(28-33-26(4,5)27(6,7)34-28)17-30-24(31)32-18-19-11-9-8-10-12-19/h8-16H,17-18,29H2,1-7H3,(H,30,31). The van der Waals surface area contributed by atoms with Crippen molar-refractivity contribution in [1.82, 2.24) is 5.32 Å². The van der Waals surface area contributed by atoms with Crippen molar-refractivity contribution in [3.63, 3.8) is 0 Å². The van der Waals surface area contributed by atoms with Crippen molar-refractivity contribution in [3.05, 3.63) is 70.7 Å². The predicted octanol–water partition coefficient (Wildman–Crippen LogP) is 5.51. The third-order valence-electron chi connectivity index (χ3n) is 6.50. The van der Waals surface area contributed by atoms with Gasteiger partial charge in [-0.25, -0.2) is 4.79 Å². The van der Waals surface area contributed by atoms with E-state index in [2.05, 4.69) is 32.2 Å². The number of carbonyl (C=O) groups is 1. The summed E-state index contributed by atoms with van der Waals surface area (Å²) in [7, 11) is -0.628. The van der Waals surface area contributed by atoms with Crippen molar-refractivity contribution in [2.24, 2.45) is 0 Å². The van der Waals surface area contributed by atoms with Gasteiger partial charge in [-0.1, -0.05) is 63.2 Å². The summed E-state index contributed by atoms with van der Waals surface area (Å²) in [5.41, 5.74) is 9.62. The smallest absolute Gasteiger partial charge is 0.445 e. The zero-order valence-corrected chi connectivity index (χ0v) is 21.4. The number of nitrogen functional groups attached to an aromatic ring is 1. The number of carbonyl (C=O) groups excluding carboxylic acids is 1. The summed E-state index contributed by atoms with van der Waals surface area (Å²) < 4.78 is 17.9. The SMILES string of the molecule is CC(C)(C)c1ccc(N)c(C=C(CNC(=O)OCc2ccccc2)B2OC(C)(C)C(C)(C)O2)c1. The molecule has 1 aliphatic rings. The number of alkyl carbamates (subject to hydrolysis) is 1. The minimum Gasteiger partial charge on any atom is -0.445 e. The lowest BCUT2D eigenvalue weighted by Crippen LogP contribution is -2.41. The van der Waals surface area contributed by atoms with Crippen LogP contribution in [0.4, 0.5) is 10.5 Å². The number of nitrogens with one attached hydrogen (secondary N) is 1. The highest BCUT2D eigenvalue weighted by molar-refractivity contribution is 6.56. The molecule has 0 aromatic heterocycles. The fourth-order valence-electron chi connectivity index (χ4n) is 3.51. The van der Waals surface area contributed by atoms with Crippen LogP contribution in [0, 0.1) is 0 Å². The van der Waals surface area contributed by atoms with E-state index in [0.717, 1.165) is 22.2 Å². The Labute approximate surface area is 204 Å². The Morgan fingerprint density at radius 3 is 2.26 bits per heavy atom. The van der Waals surface area contributed by atoms with Gasteiger partial charge >= 0.3 is 13.2 Å². The average Bonchev–Trinajstić information content (AvgIpc) is 2.97. The topological polar surface area (TPSA) is 82.8 Å². The Morgan fingerprint density at radius 1 is 1.06 bits per heavy atom. The monoisotopic (exact) mass is 464 g/mol. The van der Waals surface area contributed by atoms with Gasteiger partial charge in [-0.05, 0) is 67.4 Å². The maximum absolute atomic E-state index is 12.4. The lowest BCUT2D eigenvalue weighted by molar-refractivity contribution is 0.00578. The van der Waals surface area contributed by atoms with Crippen LogP contribution in [0.2, 0.25) is 0 Å². The average molecular weight is 464 g/mol. The number of nitrogens with two attached hydrogens (primary N) is 1. The third-order valence-corrected chi connectivity index (χ3v) is 6.50. The molecule has 182 valence electrons. The lowest BCUT2D eigenvalue weighted by atomic mass is 9.76.